The fraction of sp³-hybridized carbons (Fsp3) is 0.500. The molecule has 8 nitrogen and oxygen atoms in total. The molecule has 0 amide bonds. The summed E-state index contributed by atoms with van der Waals surface area (Å²) < 4.78 is 10.3. The average molecular weight is 349 g/mol. The van der Waals surface area contributed by atoms with Crippen molar-refractivity contribution in [3.05, 3.63) is 28.3 Å². The summed E-state index contributed by atoms with van der Waals surface area (Å²) in [5.74, 6) is -0.432. The second-order valence-electron chi connectivity index (χ2n) is 4.57. The maximum Gasteiger partial charge on any atom is 0.320 e. The number of halogens is 1. The number of benzene rings is 1. The molecule has 0 aliphatic heterocycles. The van der Waals surface area contributed by atoms with Crippen LogP contribution in [0.15, 0.2) is 18.2 Å². The zero-order chi connectivity index (χ0) is 16.5. The van der Waals surface area contributed by atoms with Crippen molar-refractivity contribution >= 4 is 24.1 Å². The Bertz CT molecular complexity index is 526. The zero-order valence-electron chi connectivity index (χ0n) is 13.0. The summed E-state index contributed by atoms with van der Waals surface area (Å²) in [6.45, 7) is 2.30. The number of methoxy groups -OCH3 is 1. The van der Waals surface area contributed by atoms with Gasteiger partial charge in [-0.1, -0.05) is 13.3 Å². The summed E-state index contributed by atoms with van der Waals surface area (Å²) in [6.07, 6.45) is 1.26. The first-order valence-corrected chi connectivity index (χ1v) is 6.91. The van der Waals surface area contributed by atoms with Gasteiger partial charge in [-0.05, 0) is 18.6 Å². The molecule has 2 N–H and O–H groups in total. The Hall–Kier alpha value is -2.06. The van der Waals surface area contributed by atoms with Crippen molar-refractivity contribution in [3.63, 3.8) is 0 Å². The molecule has 0 fully saturated rings. The van der Waals surface area contributed by atoms with E-state index in [1.54, 1.807) is 6.07 Å². The number of aliphatic carboxylic acids is 1. The van der Waals surface area contributed by atoms with Gasteiger partial charge in [0.2, 0.25) is 0 Å². The first-order valence-electron chi connectivity index (χ1n) is 6.91. The molecule has 0 bridgehead atoms. The molecule has 0 heterocycles. The highest BCUT2D eigenvalue weighted by atomic mass is 35.5. The Morgan fingerprint density at radius 2 is 2.17 bits per heavy atom. The molecule has 1 aromatic carbocycles. The normalized spacial score (nSPS) is 11.2. The van der Waals surface area contributed by atoms with Gasteiger partial charge in [0.05, 0.1) is 18.1 Å². The summed E-state index contributed by atoms with van der Waals surface area (Å²) in [6, 6.07) is 3.66. The number of nitro groups is 1. The van der Waals surface area contributed by atoms with Crippen molar-refractivity contribution < 1.29 is 24.3 Å². The van der Waals surface area contributed by atoms with Crippen LogP contribution < -0.4 is 14.8 Å². The maximum absolute atomic E-state index is 11.0. The molecule has 0 aliphatic carbocycles. The minimum atomic E-state index is -0.919. The van der Waals surface area contributed by atoms with E-state index in [1.807, 2.05) is 6.92 Å². The third kappa shape index (κ3) is 6.70. The van der Waals surface area contributed by atoms with Crippen molar-refractivity contribution in [1.29, 1.82) is 0 Å². The van der Waals surface area contributed by atoms with E-state index < -0.39 is 16.9 Å². The number of rotatable bonds is 10. The molecule has 130 valence electrons. The van der Waals surface area contributed by atoms with Gasteiger partial charge in [0, 0.05) is 6.54 Å². The second kappa shape index (κ2) is 10.6. The highest BCUT2D eigenvalue weighted by Crippen LogP contribution is 2.30. The Balaban J connectivity index is 0.00000484. The molecular formula is C14H21ClN2O6. The Kier molecular flexibility index (Phi) is 9.68. The highest BCUT2D eigenvalue weighted by molar-refractivity contribution is 5.85. The van der Waals surface area contributed by atoms with Crippen LogP contribution in [0.1, 0.15) is 19.8 Å². The van der Waals surface area contributed by atoms with Crippen LogP contribution in [-0.2, 0) is 4.79 Å². The standard InChI is InChI=1S/C14H20N2O6.ClH/c1-3-4-11(14(17)18)15-7-8-22-13-6-5-10(21-2)9-12(13)16(19)20;/h5-6,9,11,15H,3-4,7-8H2,1-2H3,(H,17,18);1H. The van der Waals surface area contributed by atoms with Gasteiger partial charge in [0.25, 0.3) is 0 Å². The quantitative estimate of drug-likeness (QED) is 0.379. The van der Waals surface area contributed by atoms with Crippen LogP contribution in [0.4, 0.5) is 5.69 Å². The van der Waals surface area contributed by atoms with Crippen LogP contribution in [0.25, 0.3) is 0 Å². The second-order valence-corrected chi connectivity index (χ2v) is 4.57. The molecule has 0 aliphatic rings. The maximum atomic E-state index is 11.0. The molecule has 9 heteroatoms. The van der Waals surface area contributed by atoms with Gasteiger partial charge in [0.1, 0.15) is 18.4 Å². The number of carboxylic acids is 1. The topological polar surface area (TPSA) is 111 Å². The number of nitrogens with zero attached hydrogens (tertiary/aromatic N) is 1. The fourth-order valence-corrected chi connectivity index (χ4v) is 1.88. The third-order valence-corrected chi connectivity index (χ3v) is 2.99. The van der Waals surface area contributed by atoms with E-state index in [2.05, 4.69) is 5.32 Å². The lowest BCUT2D eigenvalue weighted by molar-refractivity contribution is -0.385. The van der Waals surface area contributed by atoms with Crippen molar-refractivity contribution in [2.24, 2.45) is 0 Å². The first kappa shape index (κ1) is 20.9. The molecule has 23 heavy (non-hydrogen) atoms. The van der Waals surface area contributed by atoms with Gasteiger partial charge in [-0.3, -0.25) is 14.9 Å². The Morgan fingerprint density at radius 3 is 2.70 bits per heavy atom. The van der Waals surface area contributed by atoms with E-state index in [0.717, 1.165) is 6.42 Å². The van der Waals surface area contributed by atoms with Gasteiger partial charge in [-0.25, -0.2) is 0 Å². The molecule has 1 unspecified atom stereocenters. The summed E-state index contributed by atoms with van der Waals surface area (Å²) in [5.41, 5.74) is -0.192. The number of carbonyl (C=O) groups is 1. The first-order chi connectivity index (χ1) is 10.5. The van der Waals surface area contributed by atoms with E-state index in [4.69, 9.17) is 14.6 Å². The molecular weight excluding hydrogens is 328 g/mol. The summed E-state index contributed by atoms with van der Waals surface area (Å²) in [7, 11) is 1.42. The number of nitrogens with one attached hydrogen (secondary N) is 1. The Labute approximate surface area is 140 Å². The number of hydrogen-bond donors (Lipinski definition) is 2. The predicted molar refractivity (Wildman–Crippen MR) is 86.7 cm³/mol. The highest BCUT2D eigenvalue weighted by Gasteiger charge is 2.18. The SMILES string of the molecule is CCCC(NCCOc1ccc(OC)cc1[N+](=O)[O-])C(=O)O.Cl. The summed E-state index contributed by atoms with van der Waals surface area (Å²) in [4.78, 5) is 21.4. The summed E-state index contributed by atoms with van der Waals surface area (Å²) >= 11 is 0. The lowest BCUT2D eigenvalue weighted by Gasteiger charge is -2.14. The monoisotopic (exact) mass is 348 g/mol. The van der Waals surface area contributed by atoms with E-state index in [-0.39, 0.29) is 37.0 Å². The molecule has 1 aromatic rings. The van der Waals surface area contributed by atoms with Gasteiger partial charge in [-0.2, -0.15) is 0 Å². The predicted octanol–water partition coefficient (Wildman–Crippen LogP) is 2.25. The van der Waals surface area contributed by atoms with Crippen LogP contribution in [0.3, 0.4) is 0 Å². The smallest absolute Gasteiger partial charge is 0.320 e. The minimum Gasteiger partial charge on any atom is -0.496 e. The number of nitro benzene ring substituents is 1. The Morgan fingerprint density at radius 1 is 1.48 bits per heavy atom. The molecule has 0 saturated carbocycles. The van der Waals surface area contributed by atoms with E-state index in [9.17, 15) is 14.9 Å². The number of hydrogen-bond acceptors (Lipinski definition) is 6. The van der Waals surface area contributed by atoms with Crippen molar-refractivity contribution in [1.82, 2.24) is 5.32 Å². The molecule has 1 rings (SSSR count). The van der Waals surface area contributed by atoms with E-state index in [1.165, 1.54) is 19.2 Å². The van der Waals surface area contributed by atoms with E-state index in [0.29, 0.717) is 12.2 Å². The van der Waals surface area contributed by atoms with Gasteiger partial charge in [-0.15, -0.1) is 12.4 Å². The van der Waals surface area contributed by atoms with Gasteiger partial charge >= 0.3 is 11.7 Å². The lowest BCUT2D eigenvalue weighted by Crippen LogP contribution is -2.38. The van der Waals surface area contributed by atoms with Crippen molar-refractivity contribution in [2.45, 2.75) is 25.8 Å². The molecule has 0 aromatic heterocycles. The van der Waals surface area contributed by atoms with Crippen LogP contribution >= 0.6 is 12.4 Å². The van der Waals surface area contributed by atoms with Crippen molar-refractivity contribution in [3.8, 4) is 11.5 Å². The molecule has 1 atom stereocenters. The fourth-order valence-electron chi connectivity index (χ4n) is 1.88. The van der Waals surface area contributed by atoms with Crippen molar-refractivity contribution in [2.75, 3.05) is 20.3 Å². The van der Waals surface area contributed by atoms with Crippen LogP contribution in [0.5, 0.6) is 11.5 Å². The largest absolute Gasteiger partial charge is 0.496 e. The number of carboxylic acid groups (broad SMARTS) is 1. The van der Waals surface area contributed by atoms with Crippen LogP contribution in [-0.4, -0.2) is 42.3 Å². The van der Waals surface area contributed by atoms with Gasteiger partial charge in [0.15, 0.2) is 5.75 Å². The van der Waals surface area contributed by atoms with Crippen LogP contribution in [0.2, 0.25) is 0 Å². The number of ether oxygens (including phenoxy) is 2. The lowest BCUT2D eigenvalue weighted by atomic mass is 10.2. The zero-order valence-corrected chi connectivity index (χ0v) is 13.8. The molecule has 0 spiro atoms. The average Bonchev–Trinajstić information content (AvgIpc) is 2.49. The minimum absolute atomic E-state index is 0. The summed E-state index contributed by atoms with van der Waals surface area (Å²) in [5, 5.41) is 22.8. The van der Waals surface area contributed by atoms with Crippen LogP contribution in [0, 0.1) is 10.1 Å². The third-order valence-electron chi connectivity index (χ3n) is 2.99. The molecule has 0 saturated heterocycles. The van der Waals surface area contributed by atoms with Gasteiger partial charge < -0.3 is 19.9 Å². The molecule has 0 radical (unpaired) electrons. The van der Waals surface area contributed by atoms with E-state index >= 15 is 0 Å².